The Bertz CT molecular complexity index is 1120. The van der Waals surface area contributed by atoms with Crippen molar-refractivity contribution in [1.82, 2.24) is 5.01 Å². The van der Waals surface area contributed by atoms with Crippen LogP contribution in [0.3, 0.4) is 0 Å². The summed E-state index contributed by atoms with van der Waals surface area (Å²) in [7, 11) is 0. The first-order valence-electron chi connectivity index (χ1n) is 9.74. The van der Waals surface area contributed by atoms with E-state index in [1.807, 2.05) is 12.1 Å². The summed E-state index contributed by atoms with van der Waals surface area (Å²) in [5.74, 6) is -2.87. The summed E-state index contributed by atoms with van der Waals surface area (Å²) >= 11 is 7.08. The third-order valence-electron chi connectivity index (χ3n) is 4.10. The van der Waals surface area contributed by atoms with E-state index in [9.17, 15) is 24.0 Å². The number of hydrazone groups is 1. The van der Waals surface area contributed by atoms with Gasteiger partial charge in [-0.2, -0.15) is 5.10 Å². The highest BCUT2D eigenvalue weighted by Gasteiger charge is 2.22. The first kappa shape index (κ1) is 26.6. The number of benzene rings is 2. The maximum Gasteiger partial charge on any atom is 0.313 e. The molecule has 3 amide bonds. The maximum atomic E-state index is 12.2. The predicted molar refractivity (Wildman–Crippen MR) is 129 cm³/mol. The van der Waals surface area contributed by atoms with Crippen LogP contribution in [0.25, 0.3) is 0 Å². The molecule has 0 unspecified atom stereocenters. The Morgan fingerprint density at radius 3 is 2.41 bits per heavy atom. The number of halogens is 1. The summed E-state index contributed by atoms with van der Waals surface area (Å²) < 4.78 is 0. The van der Waals surface area contributed by atoms with Crippen LogP contribution >= 0.6 is 23.4 Å². The van der Waals surface area contributed by atoms with Crippen molar-refractivity contribution in [3.63, 3.8) is 0 Å². The molecule has 0 bridgehead atoms. The van der Waals surface area contributed by atoms with Crippen LogP contribution in [0.15, 0.2) is 53.6 Å². The van der Waals surface area contributed by atoms with Crippen molar-refractivity contribution in [2.75, 3.05) is 11.1 Å². The number of hydrogen-bond donors (Lipinski definition) is 3. The molecule has 4 N–H and O–H groups in total. The average Bonchev–Trinajstić information content (AvgIpc) is 2.75. The molecule has 0 aromatic heterocycles. The van der Waals surface area contributed by atoms with Crippen molar-refractivity contribution in [3.05, 3.63) is 64.7 Å². The standard InChI is InChI=1S/C18H15ClN4O3S.C4H6O3/c19-13-6-4-12(5-7-13)15-10-27-18(26)23(22-15)9-11-2-1-3-14(8-11)21-17(25)16(20)24;1-3(5)2-4(6)7/h1-8H,9-10H2,(H2,20,24)(H,21,25);2H2,1H3,(H,6,7). The van der Waals surface area contributed by atoms with E-state index in [0.29, 0.717) is 16.5 Å². The SMILES string of the molecule is CC(=O)CC(=O)O.NC(=O)C(=O)Nc1cccc(CN2N=C(c3ccc(Cl)cc3)CSC2=O)c1. The van der Waals surface area contributed by atoms with Gasteiger partial charge in [0, 0.05) is 16.5 Å². The summed E-state index contributed by atoms with van der Waals surface area (Å²) in [4.78, 5) is 53.9. The highest BCUT2D eigenvalue weighted by atomic mass is 35.5. The molecule has 0 spiro atoms. The molecule has 0 radical (unpaired) electrons. The lowest BCUT2D eigenvalue weighted by atomic mass is 10.1. The van der Waals surface area contributed by atoms with Crippen LogP contribution in [0.5, 0.6) is 0 Å². The molecule has 1 heterocycles. The molecule has 1 aliphatic rings. The lowest BCUT2D eigenvalue weighted by Crippen LogP contribution is -2.30. The van der Waals surface area contributed by atoms with E-state index < -0.39 is 17.8 Å². The van der Waals surface area contributed by atoms with E-state index in [1.54, 1.807) is 36.4 Å². The highest BCUT2D eigenvalue weighted by molar-refractivity contribution is 8.14. The normalized spacial score (nSPS) is 12.7. The number of nitrogens with zero attached hydrogens (tertiary/aromatic N) is 2. The lowest BCUT2D eigenvalue weighted by molar-refractivity contribution is -0.139. The van der Waals surface area contributed by atoms with E-state index in [1.165, 1.54) is 11.9 Å². The number of rotatable bonds is 6. The zero-order valence-corrected chi connectivity index (χ0v) is 19.6. The summed E-state index contributed by atoms with van der Waals surface area (Å²) in [5, 5.41) is 16.5. The first-order chi connectivity index (χ1) is 16.0. The molecule has 3 rings (SSSR count). The Hall–Kier alpha value is -3.70. The van der Waals surface area contributed by atoms with E-state index in [4.69, 9.17) is 22.4 Å². The zero-order chi connectivity index (χ0) is 25.3. The second kappa shape index (κ2) is 12.5. The van der Waals surface area contributed by atoms with Gasteiger partial charge < -0.3 is 16.2 Å². The van der Waals surface area contributed by atoms with Gasteiger partial charge >= 0.3 is 23.0 Å². The van der Waals surface area contributed by atoms with Crippen LogP contribution in [0.2, 0.25) is 5.02 Å². The molecule has 1 aliphatic heterocycles. The second-order valence-corrected chi connectivity index (χ2v) is 8.32. The number of primary amides is 1. The van der Waals surface area contributed by atoms with Gasteiger partial charge in [0.15, 0.2) is 0 Å². The number of carbonyl (C=O) groups is 5. The number of carbonyl (C=O) groups excluding carboxylic acids is 4. The zero-order valence-electron chi connectivity index (χ0n) is 18.0. The number of nitrogens with one attached hydrogen (secondary N) is 1. The van der Waals surface area contributed by atoms with Crippen LogP contribution in [0.4, 0.5) is 10.5 Å². The van der Waals surface area contributed by atoms with Crippen LogP contribution in [0.1, 0.15) is 24.5 Å². The minimum atomic E-state index is -1.07. The van der Waals surface area contributed by atoms with E-state index in [2.05, 4.69) is 10.4 Å². The molecule has 0 saturated carbocycles. The quantitative estimate of drug-likeness (QED) is 0.402. The number of ketones is 1. The molecule has 0 saturated heterocycles. The second-order valence-electron chi connectivity index (χ2n) is 6.96. The molecule has 2 aromatic carbocycles. The van der Waals surface area contributed by atoms with Gasteiger partial charge in [-0.25, -0.2) is 5.01 Å². The number of anilines is 1. The molecule has 12 heteroatoms. The van der Waals surface area contributed by atoms with Crippen LogP contribution in [-0.2, 0) is 25.7 Å². The Morgan fingerprint density at radius 1 is 1.18 bits per heavy atom. The van der Waals surface area contributed by atoms with Crippen molar-refractivity contribution < 1.29 is 29.1 Å². The fourth-order valence-corrected chi connectivity index (χ4v) is 3.49. The van der Waals surface area contributed by atoms with Crippen molar-refractivity contribution >= 4 is 63.6 Å². The van der Waals surface area contributed by atoms with Gasteiger partial charge in [0.25, 0.3) is 0 Å². The lowest BCUT2D eigenvalue weighted by Gasteiger charge is -2.23. The number of thioether (sulfide) groups is 1. The predicted octanol–water partition coefficient (Wildman–Crippen LogP) is 2.89. The van der Waals surface area contributed by atoms with Crippen molar-refractivity contribution in [2.45, 2.75) is 19.9 Å². The van der Waals surface area contributed by atoms with Crippen molar-refractivity contribution in [2.24, 2.45) is 10.8 Å². The van der Waals surface area contributed by atoms with Gasteiger partial charge in [0.05, 0.1) is 12.3 Å². The van der Waals surface area contributed by atoms with Gasteiger partial charge in [-0.1, -0.05) is 47.6 Å². The number of hydrogen-bond acceptors (Lipinski definition) is 7. The van der Waals surface area contributed by atoms with Crippen molar-refractivity contribution in [1.29, 1.82) is 0 Å². The van der Waals surface area contributed by atoms with Gasteiger partial charge in [-0.15, -0.1) is 0 Å². The molecular formula is C22H21ClN4O6S. The average molecular weight is 505 g/mol. The monoisotopic (exact) mass is 504 g/mol. The molecular weight excluding hydrogens is 484 g/mol. The minimum Gasteiger partial charge on any atom is -0.481 e. The van der Waals surface area contributed by atoms with Gasteiger partial charge in [-0.3, -0.25) is 24.0 Å². The van der Waals surface area contributed by atoms with Crippen LogP contribution in [0, 0.1) is 0 Å². The summed E-state index contributed by atoms with van der Waals surface area (Å²) in [6, 6.07) is 14.0. The fourth-order valence-electron chi connectivity index (χ4n) is 2.63. The maximum absolute atomic E-state index is 12.2. The number of nitrogens with two attached hydrogens (primary N) is 1. The van der Waals surface area contributed by atoms with Crippen LogP contribution in [-0.4, -0.2) is 50.4 Å². The number of carboxylic acids is 1. The third-order valence-corrected chi connectivity index (χ3v) is 5.23. The van der Waals surface area contributed by atoms with E-state index in [0.717, 1.165) is 28.6 Å². The third kappa shape index (κ3) is 8.68. The minimum absolute atomic E-state index is 0.167. The van der Waals surface area contributed by atoms with Crippen molar-refractivity contribution in [3.8, 4) is 0 Å². The summed E-state index contributed by atoms with van der Waals surface area (Å²) in [6.45, 7) is 1.47. The van der Waals surface area contributed by atoms with Crippen LogP contribution < -0.4 is 11.1 Å². The fraction of sp³-hybridized carbons (Fsp3) is 0.182. The highest BCUT2D eigenvalue weighted by Crippen LogP contribution is 2.23. The number of amides is 3. The number of aliphatic carboxylic acids is 1. The molecule has 10 nitrogen and oxygen atoms in total. The van der Waals surface area contributed by atoms with E-state index in [-0.39, 0.29) is 24.0 Å². The van der Waals surface area contributed by atoms with Gasteiger partial charge in [-0.05, 0) is 42.3 Å². The molecule has 0 atom stereocenters. The van der Waals surface area contributed by atoms with E-state index >= 15 is 0 Å². The molecule has 34 heavy (non-hydrogen) atoms. The number of Topliss-reactive ketones (excluding diaryl/α,β-unsaturated/α-hetero) is 1. The Labute approximate surface area is 204 Å². The smallest absolute Gasteiger partial charge is 0.313 e. The Morgan fingerprint density at radius 2 is 1.85 bits per heavy atom. The molecule has 0 aliphatic carbocycles. The summed E-state index contributed by atoms with van der Waals surface area (Å²) in [6.07, 6.45) is -0.361. The van der Waals surface area contributed by atoms with Gasteiger partial charge in [0.2, 0.25) is 0 Å². The first-order valence-corrected chi connectivity index (χ1v) is 11.1. The van der Waals surface area contributed by atoms with Gasteiger partial charge in [0.1, 0.15) is 12.2 Å². The summed E-state index contributed by atoms with van der Waals surface area (Å²) in [5.41, 5.74) is 7.76. The molecule has 0 fully saturated rings. The Balaban J connectivity index is 0.000000509. The molecule has 178 valence electrons. The largest absolute Gasteiger partial charge is 0.481 e. The Kier molecular flexibility index (Phi) is 9.77. The topological polar surface area (TPSA) is 159 Å². The molecule has 2 aromatic rings. The number of carboxylic acid groups (broad SMARTS) is 1.